The van der Waals surface area contributed by atoms with E-state index in [-0.39, 0.29) is 28.0 Å². The van der Waals surface area contributed by atoms with Gasteiger partial charge in [0.15, 0.2) is 10.7 Å². The Morgan fingerprint density at radius 1 is 1.15 bits per heavy atom. The maximum atomic E-state index is 12.3. The van der Waals surface area contributed by atoms with E-state index in [0.717, 1.165) is 17.2 Å². The standard InChI is InChI=1S/C23H18N4O5S/c1-12-8-13(2)20-18(9-12)25-22(32-20)17-7-6-15(11-19(17)28)24-23(33)26-21(29)14-4-3-5-16(10-14)27(30)31/h3-11,28H,1-2H3,(H2,24,26,29,33). The van der Waals surface area contributed by atoms with Crippen LogP contribution in [-0.4, -0.2) is 26.0 Å². The molecule has 0 atom stereocenters. The molecular formula is C23H18N4O5S. The number of oxazole rings is 1. The molecule has 1 aromatic heterocycles. The number of non-ortho nitro benzene ring substituents is 1. The van der Waals surface area contributed by atoms with Crippen molar-refractivity contribution in [3.05, 3.63) is 81.4 Å². The van der Waals surface area contributed by atoms with Crippen molar-refractivity contribution >= 4 is 45.7 Å². The average molecular weight is 462 g/mol. The van der Waals surface area contributed by atoms with E-state index < -0.39 is 10.8 Å². The van der Waals surface area contributed by atoms with Gasteiger partial charge < -0.3 is 14.8 Å². The summed E-state index contributed by atoms with van der Waals surface area (Å²) >= 11 is 5.15. The van der Waals surface area contributed by atoms with Gasteiger partial charge in [0.1, 0.15) is 11.3 Å². The molecule has 3 N–H and O–H groups in total. The minimum Gasteiger partial charge on any atom is -0.507 e. The SMILES string of the molecule is Cc1cc(C)c2oc(-c3ccc(NC(=S)NC(=O)c4cccc([N+](=O)[O-])c4)cc3O)nc2c1. The number of rotatable bonds is 4. The number of phenolic OH excluding ortho intramolecular Hbond substituents is 1. The first-order valence-corrected chi connectivity index (χ1v) is 10.2. The van der Waals surface area contributed by atoms with Gasteiger partial charge in [-0.15, -0.1) is 0 Å². The van der Waals surface area contributed by atoms with Gasteiger partial charge in [0.05, 0.1) is 10.5 Å². The number of hydrogen-bond acceptors (Lipinski definition) is 7. The Kier molecular flexibility index (Phi) is 5.76. The Morgan fingerprint density at radius 3 is 2.67 bits per heavy atom. The second-order valence-corrected chi connectivity index (χ2v) is 7.80. The van der Waals surface area contributed by atoms with Gasteiger partial charge in [-0.05, 0) is 61.5 Å². The molecule has 0 aliphatic carbocycles. The number of thiocarbonyl (C=S) groups is 1. The number of benzene rings is 3. The van der Waals surface area contributed by atoms with Crippen molar-refractivity contribution in [3.8, 4) is 17.2 Å². The molecule has 0 spiro atoms. The number of nitrogens with zero attached hydrogens (tertiary/aromatic N) is 2. The van der Waals surface area contributed by atoms with Crippen LogP contribution < -0.4 is 10.6 Å². The van der Waals surface area contributed by atoms with Gasteiger partial charge in [-0.1, -0.05) is 12.1 Å². The Balaban J connectivity index is 1.49. The number of amides is 1. The third-order valence-corrected chi connectivity index (χ3v) is 5.06. The minimum absolute atomic E-state index is 0.0355. The molecule has 166 valence electrons. The van der Waals surface area contributed by atoms with Crippen LogP contribution in [0.15, 0.2) is 59.0 Å². The van der Waals surface area contributed by atoms with Crippen LogP contribution in [0.1, 0.15) is 21.5 Å². The minimum atomic E-state index is -0.603. The maximum absolute atomic E-state index is 12.3. The third-order valence-electron chi connectivity index (χ3n) is 4.85. The number of carbonyl (C=O) groups is 1. The smallest absolute Gasteiger partial charge is 0.270 e. The van der Waals surface area contributed by atoms with Gasteiger partial charge in [0, 0.05) is 29.4 Å². The molecule has 3 aromatic carbocycles. The summed E-state index contributed by atoms with van der Waals surface area (Å²) in [6, 6.07) is 13.9. The molecule has 0 unspecified atom stereocenters. The number of aryl methyl sites for hydroxylation is 2. The van der Waals surface area contributed by atoms with E-state index in [0.29, 0.717) is 22.4 Å². The number of anilines is 1. The summed E-state index contributed by atoms with van der Waals surface area (Å²) in [4.78, 5) is 27.1. The Labute approximate surface area is 193 Å². The summed E-state index contributed by atoms with van der Waals surface area (Å²) in [5, 5.41) is 26.6. The number of phenols is 1. The fourth-order valence-electron chi connectivity index (χ4n) is 3.38. The van der Waals surface area contributed by atoms with Crippen LogP contribution in [0, 0.1) is 24.0 Å². The van der Waals surface area contributed by atoms with Crippen molar-refractivity contribution in [1.82, 2.24) is 10.3 Å². The lowest BCUT2D eigenvalue weighted by atomic mass is 10.1. The van der Waals surface area contributed by atoms with Gasteiger partial charge in [-0.3, -0.25) is 20.2 Å². The highest BCUT2D eigenvalue weighted by Crippen LogP contribution is 2.34. The Morgan fingerprint density at radius 2 is 1.94 bits per heavy atom. The number of aromatic nitrogens is 1. The van der Waals surface area contributed by atoms with Crippen LogP contribution in [0.3, 0.4) is 0 Å². The molecule has 0 bridgehead atoms. The van der Waals surface area contributed by atoms with E-state index in [4.69, 9.17) is 16.6 Å². The summed E-state index contributed by atoms with van der Waals surface area (Å²) < 4.78 is 5.85. The van der Waals surface area contributed by atoms with E-state index in [9.17, 15) is 20.0 Å². The predicted octanol–water partition coefficient (Wildman–Crippen LogP) is 4.85. The number of aromatic hydroxyl groups is 1. The first-order valence-electron chi connectivity index (χ1n) is 9.79. The van der Waals surface area contributed by atoms with E-state index >= 15 is 0 Å². The Hall–Kier alpha value is -4.31. The van der Waals surface area contributed by atoms with Crippen LogP contribution in [-0.2, 0) is 0 Å². The Bertz CT molecular complexity index is 1430. The first kappa shape index (κ1) is 21.9. The molecule has 0 aliphatic rings. The normalized spacial score (nSPS) is 10.7. The van der Waals surface area contributed by atoms with Crippen LogP contribution in [0.4, 0.5) is 11.4 Å². The molecule has 10 heteroatoms. The zero-order chi connectivity index (χ0) is 23.7. The molecule has 0 saturated heterocycles. The zero-order valence-corrected chi connectivity index (χ0v) is 18.4. The second-order valence-electron chi connectivity index (χ2n) is 7.40. The van der Waals surface area contributed by atoms with Crippen LogP contribution >= 0.6 is 12.2 Å². The van der Waals surface area contributed by atoms with E-state index in [1.165, 1.54) is 24.3 Å². The molecule has 0 fully saturated rings. The maximum Gasteiger partial charge on any atom is 0.270 e. The lowest BCUT2D eigenvalue weighted by Crippen LogP contribution is -2.34. The predicted molar refractivity (Wildman–Crippen MR) is 127 cm³/mol. The molecule has 1 heterocycles. The third kappa shape index (κ3) is 4.65. The fourth-order valence-corrected chi connectivity index (χ4v) is 3.59. The van der Waals surface area contributed by atoms with Crippen LogP contribution in [0.25, 0.3) is 22.6 Å². The van der Waals surface area contributed by atoms with Crippen molar-refractivity contribution in [1.29, 1.82) is 0 Å². The largest absolute Gasteiger partial charge is 0.507 e. The molecule has 0 radical (unpaired) electrons. The van der Waals surface area contributed by atoms with Crippen molar-refractivity contribution in [2.75, 3.05) is 5.32 Å². The number of hydrogen-bond donors (Lipinski definition) is 3. The summed E-state index contributed by atoms with van der Waals surface area (Å²) in [6.07, 6.45) is 0. The quantitative estimate of drug-likeness (QED) is 0.223. The number of fused-ring (bicyclic) bond motifs is 1. The average Bonchev–Trinajstić information content (AvgIpc) is 3.17. The van der Waals surface area contributed by atoms with Crippen molar-refractivity contribution < 1.29 is 19.2 Å². The molecule has 0 saturated carbocycles. The van der Waals surface area contributed by atoms with Crippen molar-refractivity contribution in [2.45, 2.75) is 13.8 Å². The van der Waals surface area contributed by atoms with Gasteiger partial charge in [0.25, 0.3) is 11.6 Å². The van der Waals surface area contributed by atoms with Gasteiger partial charge in [-0.25, -0.2) is 4.98 Å². The molecule has 0 aliphatic heterocycles. The fraction of sp³-hybridized carbons (Fsp3) is 0.0870. The van der Waals surface area contributed by atoms with Crippen LogP contribution in [0.2, 0.25) is 0 Å². The van der Waals surface area contributed by atoms with Crippen LogP contribution in [0.5, 0.6) is 5.75 Å². The highest BCUT2D eigenvalue weighted by atomic mass is 32.1. The van der Waals surface area contributed by atoms with Crippen molar-refractivity contribution in [3.63, 3.8) is 0 Å². The highest BCUT2D eigenvalue weighted by Gasteiger charge is 2.16. The summed E-state index contributed by atoms with van der Waals surface area (Å²) in [6.45, 7) is 3.90. The molecule has 1 amide bonds. The lowest BCUT2D eigenvalue weighted by molar-refractivity contribution is -0.384. The van der Waals surface area contributed by atoms with Gasteiger partial charge in [0.2, 0.25) is 5.89 Å². The monoisotopic (exact) mass is 462 g/mol. The van der Waals surface area contributed by atoms with E-state index in [1.807, 2.05) is 26.0 Å². The summed E-state index contributed by atoms with van der Waals surface area (Å²) in [5.41, 5.74) is 4.08. The highest BCUT2D eigenvalue weighted by molar-refractivity contribution is 7.80. The van der Waals surface area contributed by atoms with E-state index in [1.54, 1.807) is 12.1 Å². The molecule has 4 rings (SSSR count). The topological polar surface area (TPSA) is 131 Å². The van der Waals surface area contributed by atoms with Gasteiger partial charge in [-0.2, -0.15) is 0 Å². The van der Waals surface area contributed by atoms with Gasteiger partial charge >= 0.3 is 0 Å². The summed E-state index contributed by atoms with van der Waals surface area (Å²) in [7, 11) is 0. The number of nitro benzene ring substituents is 1. The second kappa shape index (κ2) is 8.67. The zero-order valence-electron chi connectivity index (χ0n) is 17.6. The van der Waals surface area contributed by atoms with Crippen molar-refractivity contribution in [2.24, 2.45) is 0 Å². The molecular weight excluding hydrogens is 444 g/mol. The molecule has 9 nitrogen and oxygen atoms in total. The lowest BCUT2D eigenvalue weighted by Gasteiger charge is -2.11. The number of nitrogens with one attached hydrogen (secondary N) is 2. The molecule has 33 heavy (non-hydrogen) atoms. The number of nitro groups is 1. The van der Waals surface area contributed by atoms with E-state index in [2.05, 4.69) is 15.6 Å². The number of carbonyl (C=O) groups excluding carboxylic acids is 1. The first-order chi connectivity index (χ1) is 15.7. The molecule has 4 aromatic rings. The summed E-state index contributed by atoms with van der Waals surface area (Å²) in [5.74, 6) is -0.410.